The highest BCUT2D eigenvalue weighted by Crippen LogP contribution is 2.36. The molecule has 1 heterocycles. The summed E-state index contributed by atoms with van der Waals surface area (Å²) in [6.45, 7) is 1.62. The third kappa shape index (κ3) is 5.54. The molecule has 0 aromatic heterocycles. The number of aryl methyl sites for hydroxylation is 1. The molecule has 156 valence electrons. The molecule has 0 bridgehead atoms. The molecule has 30 heavy (non-hydrogen) atoms. The van der Waals surface area contributed by atoms with Crippen molar-refractivity contribution in [1.82, 2.24) is 5.32 Å². The highest BCUT2D eigenvalue weighted by atomic mass is 127. The molecule has 1 aliphatic rings. The molecule has 3 rings (SSSR count). The molecule has 0 saturated carbocycles. The Morgan fingerprint density at radius 1 is 1.30 bits per heavy atom. The third-order valence-electron chi connectivity index (χ3n) is 4.12. The molecule has 1 aliphatic heterocycles. The number of halogens is 1. The van der Waals surface area contributed by atoms with Crippen molar-refractivity contribution in [3.63, 3.8) is 0 Å². The summed E-state index contributed by atoms with van der Waals surface area (Å²) in [7, 11) is 1.47. The van der Waals surface area contributed by atoms with E-state index >= 15 is 0 Å². The second kappa shape index (κ2) is 9.98. The van der Waals surface area contributed by atoms with E-state index in [1.54, 1.807) is 18.2 Å². The number of thioether (sulfide) groups is 1. The van der Waals surface area contributed by atoms with Crippen LogP contribution in [0.4, 0.5) is 5.69 Å². The van der Waals surface area contributed by atoms with Crippen molar-refractivity contribution in [2.75, 3.05) is 13.7 Å². The Bertz CT molecular complexity index is 1030. The van der Waals surface area contributed by atoms with Crippen LogP contribution in [0.1, 0.15) is 18.1 Å². The highest BCUT2D eigenvalue weighted by molar-refractivity contribution is 14.1. The fraction of sp³-hybridized carbons (Fsp3) is 0.190. The quantitative estimate of drug-likeness (QED) is 0.405. The molecule has 1 fully saturated rings. The molecule has 7 nitrogen and oxygen atoms in total. The number of nitrogens with zero attached hydrogens (tertiary/aromatic N) is 1. The average Bonchev–Trinajstić information content (AvgIpc) is 3.05. The minimum absolute atomic E-state index is 0.232. The lowest BCUT2D eigenvalue weighted by atomic mass is 10.2. The Kier molecular flexibility index (Phi) is 7.38. The van der Waals surface area contributed by atoms with E-state index in [2.05, 4.69) is 17.2 Å². The largest absolute Gasteiger partial charge is 0.493 e. The number of amides is 1. The molecular weight excluding hydrogens is 519 g/mol. The normalized spacial score (nSPS) is 16.0. The van der Waals surface area contributed by atoms with Crippen LogP contribution >= 0.6 is 34.4 Å². The molecule has 0 spiro atoms. The van der Waals surface area contributed by atoms with E-state index in [-0.39, 0.29) is 5.91 Å². The van der Waals surface area contributed by atoms with Crippen LogP contribution in [0.2, 0.25) is 0 Å². The SMILES string of the molecule is CCc1ccc(N=C2NC(=O)/C(=C/c3cc(I)c(OCC(=O)O)c(OC)c3)S2)cc1. The van der Waals surface area contributed by atoms with Crippen LogP contribution in [0.25, 0.3) is 6.08 Å². The molecule has 9 heteroatoms. The van der Waals surface area contributed by atoms with Gasteiger partial charge in [0.05, 0.1) is 21.3 Å². The number of carboxylic acids is 1. The number of amidine groups is 1. The number of benzene rings is 2. The molecule has 0 aliphatic carbocycles. The minimum atomic E-state index is -1.07. The summed E-state index contributed by atoms with van der Waals surface area (Å²) < 4.78 is 11.3. The van der Waals surface area contributed by atoms with Gasteiger partial charge >= 0.3 is 5.97 Å². The number of rotatable bonds is 7. The second-order valence-corrected chi connectivity index (χ2v) is 8.41. The Balaban J connectivity index is 1.82. The minimum Gasteiger partial charge on any atom is -0.493 e. The number of hydrogen-bond acceptors (Lipinski definition) is 6. The van der Waals surface area contributed by atoms with Gasteiger partial charge < -0.3 is 19.9 Å². The monoisotopic (exact) mass is 538 g/mol. The van der Waals surface area contributed by atoms with Crippen LogP contribution in [0.15, 0.2) is 46.3 Å². The van der Waals surface area contributed by atoms with Crippen molar-refractivity contribution in [3.8, 4) is 11.5 Å². The summed E-state index contributed by atoms with van der Waals surface area (Å²) >= 11 is 3.29. The van der Waals surface area contributed by atoms with Gasteiger partial charge in [0, 0.05) is 0 Å². The van der Waals surface area contributed by atoms with E-state index < -0.39 is 12.6 Å². The zero-order chi connectivity index (χ0) is 21.7. The Morgan fingerprint density at radius 3 is 2.67 bits per heavy atom. The van der Waals surface area contributed by atoms with Gasteiger partial charge in [-0.15, -0.1) is 0 Å². The van der Waals surface area contributed by atoms with Gasteiger partial charge in [-0.2, -0.15) is 0 Å². The van der Waals surface area contributed by atoms with Crippen molar-refractivity contribution in [1.29, 1.82) is 0 Å². The number of aliphatic carboxylic acids is 1. The number of ether oxygens (including phenoxy) is 2. The lowest BCUT2D eigenvalue weighted by Gasteiger charge is -2.12. The zero-order valence-corrected chi connectivity index (χ0v) is 19.2. The van der Waals surface area contributed by atoms with Gasteiger partial charge in [0.15, 0.2) is 23.3 Å². The number of methoxy groups -OCH3 is 1. The number of aliphatic imine (C=N–C) groups is 1. The fourth-order valence-electron chi connectivity index (χ4n) is 2.65. The summed E-state index contributed by atoms with van der Waals surface area (Å²) in [5, 5.41) is 12.1. The maximum absolute atomic E-state index is 12.4. The fourth-order valence-corrected chi connectivity index (χ4v) is 4.28. The summed E-state index contributed by atoms with van der Waals surface area (Å²) in [5.41, 5.74) is 2.72. The lowest BCUT2D eigenvalue weighted by molar-refractivity contribution is -0.139. The molecule has 2 aromatic rings. The van der Waals surface area contributed by atoms with E-state index in [9.17, 15) is 9.59 Å². The van der Waals surface area contributed by atoms with Crippen molar-refractivity contribution >= 4 is 63.2 Å². The highest BCUT2D eigenvalue weighted by Gasteiger charge is 2.24. The van der Waals surface area contributed by atoms with Crippen LogP contribution < -0.4 is 14.8 Å². The molecule has 0 unspecified atom stereocenters. The number of hydrogen-bond donors (Lipinski definition) is 2. The number of carboxylic acid groups (broad SMARTS) is 1. The van der Waals surface area contributed by atoms with Gasteiger partial charge in [0.2, 0.25) is 0 Å². The average molecular weight is 538 g/mol. The summed E-state index contributed by atoms with van der Waals surface area (Å²) in [4.78, 5) is 28.1. The first-order chi connectivity index (χ1) is 14.4. The van der Waals surface area contributed by atoms with E-state index in [1.807, 2.05) is 46.9 Å². The van der Waals surface area contributed by atoms with Crippen molar-refractivity contribution in [2.45, 2.75) is 13.3 Å². The van der Waals surface area contributed by atoms with Crippen molar-refractivity contribution in [3.05, 3.63) is 56.0 Å². The Hall–Kier alpha value is -2.53. The first-order valence-corrected chi connectivity index (χ1v) is 10.9. The standard InChI is InChI=1S/C21H19IN2O5S/c1-3-12-4-6-14(7-5-12)23-21-24-20(27)17(30-21)10-13-8-15(22)19(16(9-13)28-2)29-11-18(25)26/h4-10H,3,11H2,1-2H3,(H,25,26)(H,23,24,27)/b17-10-. The predicted molar refractivity (Wildman–Crippen MR) is 125 cm³/mol. The van der Waals surface area contributed by atoms with E-state index in [1.165, 1.54) is 24.4 Å². The van der Waals surface area contributed by atoms with Crippen LogP contribution in [-0.4, -0.2) is 35.9 Å². The maximum atomic E-state index is 12.4. The van der Waals surface area contributed by atoms with Crippen LogP contribution in [0.5, 0.6) is 11.5 Å². The van der Waals surface area contributed by atoms with Crippen LogP contribution in [-0.2, 0) is 16.0 Å². The zero-order valence-electron chi connectivity index (χ0n) is 16.3. The molecule has 0 radical (unpaired) electrons. The van der Waals surface area contributed by atoms with E-state index in [0.717, 1.165) is 17.7 Å². The molecule has 1 saturated heterocycles. The smallest absolute Gasteiger partial charge is 0.341 e. The molecule has 1 amide bonds. The number of nitrogens with one attached hydrogen (secondary N) is 1. The first kappa shape index (κ1) is 22.2. The first-order valence-electron chi connectivity index (χ1n) is 9.00. The summed E-state index contributed by atoms with van der Waals surface area (Å²) in [6, 6.07) is 11.4. The van der Waals surface area contributed by atoms with Gasteiger partial charge in [-0.25, -0.2) is 9.79 Å². The van der Waals surface area contributed by atoms with E-state index in [4.69, 9.17) is 14.6 Å². The second-order valence-electron chi connectivity index (χ2n) is 6.22. The topological polar surface area (TPSA) is 97.2 Å². The molecular formula is C21H19IN2O5S. The number of carbonyl (C=O) groups excluding carboxylic acids is 1. The lowest BCUT2D eigenvalue weighted by Crippen LogP contribution is -2.19. The third-order valence-corrected chi connectivity index (χ3v) is 5.83. The molecule has 0 atom stereocenters. The summed E-state index contributed by atoms with van der Waals surface area (Å²) in [5.74, 6) is -0.564. The Morgan fingerprint density at radius 2 is 2.03 bits per heavy atom. The van der Waals surface area contributed by atoms with Crippen molar-refractivity contribution < 1.29 is 24.2 Å². The van der Waals surface area contributed by atoms with Crippen LogP contribution in [0, 0.1) is 3.57 Å². The van der Waals surface area contributed by atoms with Gasteiger partial charge in [0.25, 0.3) is 5.91 Å². The maximum Gasteiger partial charge on any atom is 0.341 e. The van der Waals surface area contributed by atoms with Crippen LogP contribution in [0.3, 0.4) is 0 Å². The summed E-state index contributed by atoms with van der Waals surface area (Å²) in [6.07, 6.45) is 2.69. The van der Waals surface area contributed by atoms with Gasteiger partial charge in [-0.3, -0.25) is 4.79 Å². The van der Waals surface area contributed by atoms with Gasteiger partial charge in [-0.1, -0.05) is 19.1 Å². The van der Waals surface area contributed by atoms with E-state index in [0.29, 0.717) is 25.1 Å². The van der Waals surface area contributed by atoms with Gasteiger partial charge in [-0.05, 0) is 82.2 Å². The Labute approximate surface area is 191 Å². The number of carbonyl (C=O) groups is 2. The molecule has 2 aromatic carbocycles. The molecule has 2 N–H and O–H groups in total. The predicted octanol–water partition coefficient (Wildman–Crippen LogP) is 4.22. The van der Waals surface area contributed by atoms with Gasteiger partial charge in [0.1, 0.15) is 0 Å². The van der Waals surface area contributed by atoms with Crippen molar-refractivity contribution in [2.24, 2.45) is 4.99 Å².